The zero-order valence-corrected chi connectivity index (χ0v) is 15.7. The van der Waals surface area contributed by atoms with Crippen LogP contribution in [0.4, 0.5) is 18.9 Å². The molecule has 6 nitrogen and oxygen atoms in total. The second-order valence-electron chi connectivity index (χ2n) is 7.07. The van der Waals surface area contributed by atoms with Crippen molar-refractivity contribution < 1.29 is 18.0 Å². The van der Waals surface area contributed by atoms with E-state index in [-0.39, 0.29) is 18.2 Å². The molecule has 0 saturated carbocycles. The van der Waals surface area contributed by atoms with Gasteiger partial charge in [0.25, 0.3) is 0 Å². The van der Waals surface area contributed by atoms with Gasteiger partial charge < -0.3 is 15.2 Å². The predicted molar refractivity (Wildman–Crippen MR) is 98.6 cm³/mol. The highest BCUT2D eigenvalue weighted by atomic mass is 19.4. The number of hydrogen-bond donors (Lipinski definition) is 2. The van der Waals surface area contributed by atoms with Gasteiger partial charge in [0.05, 0.1) is 17.8 Å². The van der Waals surface area contributed by atoms with E-state index in [0.717, 1.165) is 43.5 Å². The molecule has 1 aliphatic rings. The second-order valence-corrected chi connectivity index (χ2v) is 7.07. The second kappa shape index (κ2) is 8.72. The minimum atomic E-state index is -4.51. The Balaban J connectivity index is 1.54. The first kappa shape index (κ1) is 20.3. The molecule has 28 heavy (non-hydrogen) atoms. The van der Waals surface area contributed by atoms with Gasteiger partial charge in [0, 0.05) is 25.4 Å². The Morgan fingerprint density at radius 1 is 1.21 bits per heavy atom. The molecule has 1 amide bonds. The highest BCUT2D eigenvalue weighted by Crippen LogP contribution is 2.34. The molecule has 1 aliphatic heterocycles. The van der Waals surface area contributed by atoms with Gasteiger partial charge in [-0.2, -0.15) is 13.2 Å². The van der Waals surface area contributed by atoms with Crippen LogP contribution in [0.25, 0.3) is 0 Å². The number of nitrogens with one attached hydrogen (secondary N) is 2. The number of nitrogens with zero attached hydrogens (tertiary/aromatic N) is 3. The minimum Gasteiger partial charge on any atom is -0.325 e. The van der Waals surface area contributed by atoms with Crippen LogP contribution in [0.2, 0.25) is 0 Å². The van der Waals surface area contributed by atoms with E-state index in [1.807, 2.05) is 6.92 Å². The molecule has 0 fully saturated rings. The Bertz CT molecular complexity index is 818. The van der Waals surface area contributed by atoms with Crippen molar-refractivity contribution in [2.24, 2.45) is 0 Å². The van der Waals surface area contributed by atoms with E-state index >= 15 is 0 Å². The van der Waals surface area contributed by atoms with Gasteiger partial charge in [-0.05, 0) is 31.9 Å². The van der Waals surface area contributed by atoms with E-state index in [1.54, 1.807) is 0 Å². The minimum absolute atomic E-state index is 0.0488. The summed E-state index contributed by atoms with van der Waals surface area (Å²) in [6, 6.07) is 4.74. The summed E-state index contributed by atoms with van der Waals surface area (Å²) in [4.78, 5) is 12.2. The average Bonchev–Trinajstić information content (AvgIpc) is 2.85. The molecule has 1 aromatic carbocycles. The summed E-state index contributed by atoms with van der Waals surface area (Å²) in [5.41, 5.74) is -1.08. The van der Waals surface area contributed by atoms with Crippen LogP contribution in [0.15, 0.2) is 24.3 Å². The summed E-state index contributed by atoms with van der Waals surface area (Å²) >= 11 is 0. The number of aromatic nitrogens is 3. The number of fused-ring (bicyclic) bond motifs is 1. The summed E-state index contributed by atoms with van der Waals surface area (Å²) in [5.74, 6) is 1.34. The van der Waals surface area contributed by atoms with Gasteiger partial charge in [-0.25, -0.2) is 0 Å². The van der Waals surface area contributed by atoms with Crippen molar-refractivity contribution >= 4 is 11.6 Å². The fraction of sp³-hybridized carbons (Fsp3) is 0.526. The van der Waals surface area contributed by atoms with Crippen LogP contribution >= 0.6 is 0 Å². The fourth-order valence-corrected chi connectivity index (χ4v) is 3.33. The number of hydrogen-bond acceptors (Lipinski definition) is 4. The van der Waals surface area contributed by atoms with Gasteiger partial charge in [-0.3, -0.25) is 4.79 Å². The third kappa shape index (κ3) is 5.09. The molecule has 2 aromatic rings. The lowest BCUT2D eigenvalue weighted by Crippen LogP contribution is -2.31. The number of carbonyl (C=O) groups excluding carboxylic acids is 1. The molecule has 0 saturated heterocycles. The molecule has 152 valence electrons. The van der Waals surface area contributed by atoms with Crippen LogP contribution in [-0.2, 0) is 30.5 Å². The Kier molecular flexibility index (Phi) is 6.33. The van der Waals surface area contributed by atoms with Gasteiger partial charge in [-0.15, -0.1) is 10.2 Å². The molecule has 1 atom stereocenters. The molecule has 2 heterocycles. The number of alkyl halides is 3. The van der Waals surface area contributed by atoms with Crippen molar-refractivity contribution in [3.8, 4) is 0 Å². The Labute approximate surface area is 161 Å². The lowest BCUT2D eigenvalue weighted by atomic mass is 10.1. The summed E-state index contributed by atoms with van der Waals surface area (Å²) in [5, 5.41) is 14.0. The molecule has 0 radical (unpaired) electrons. The number of rotatable bonds is 6. The summed E-state index contributed by atoms with van der Waals surface area (Å²) in [7, 11) is 0. The van der Waals surface area contributed by atoms with Crippen molar-refractivity contribution in [3.05, 3.63) is 41.5 Å². The van der Waals surface area contributed by atoms with Crippen molar-refractivity contribution in [2.45, 2.75) is 64.3 Å². The molecule has 1 aromatic heterocycles. The number of carbonyl (C=O) groups is 1. The van der Waals surface area contributed by atoms with Crippen LogP contribution in [0, 0.1) is 0 Å². The van der Waals surface area contributed by atoms with Crippen LogP contribution in [0.5, 0.6) is 0 Å². The lowest BCUT2D eigenvalue weighted by Gasteiger charge is -2.16. The van der Waals surface area contributed by atoms with Crippen molar-refractivity contribution in [2.75, 3.05) is 5.32 Å². The first-order valence-electron chi connectivity index (χ1n) is 9.45. The van der Waals surface area contributed by atoms with Gasteiger partial charge in [-0.1, -0.05) is 18.6 Å². The lowest BCUT2D eigenvalue weighted by molar-refractivity contribution is -0.137. The number of amides is 1. The SMILES string of the molecule is CC(CC(=O)Nc1ccccc1C(F)(F)F)NCc1nnc2n1CCCCC2. The van der Waals surface area contributed by atoms with Gasteiger partial charge in [0.15, 0.2) is 0 Å². The van der Waals surface area contributed by atoms with Crippen molar-refractivity contribution in [1.82, 2.24) is 20.1 Å². The number of anilines is 1. The topological polar surface area (TPSA) is 71.8 Å². The number of aryl methyl sites for hydroxylation is 1. The van der Waals surface area contributed by atoms with E-state index < -0.39 is 17.6 Å². The molecule has 9 heteroatoms. The maximum atomic E-state index is 13.0. The molecule has 2 N–H and O–H groups in total. The zero-order valence-electron chi connectivity index (χ0n) is 15.7. The van der Waals surface area contributed by atoms with E-state index in [1.165, 1.54) is 24.6 Å². The highest BCUT2D eigenvalue weighted by Gasteiger charge is 2.33. The molecule has 0 bridgehead atoms. The Hall–Kier alpha value is -2.42. The summed E-state index contributed by atoms with van der Waals surface area (Å²) in [6.07, 6.45) is -0.168. The standard InChI is InChI=1S/C19H24F3N5O/c1-13(23-12-17-26-25-16-9-3-2-6-10-27(16)17)11-18(28)24-15-8-5-4-7-14(15)19(20,21)22/h4-5,7-8,13,23H,2-3,6,9-12H2,1H3,(H,24,28). The first-order valence-corrected chi connectivity index (χ1v) is 9.45. The monoisotopic (exact) mass is 395 g/mol. The van der Waals surface area contributed by atoms with E-state index in [0.29, 0.717) is 6.54 Å². The molecule has 1 unspecified atom stereocenters. The quantitative estimate of drug-likeness (QED) is 0.785. The van der Waals surface area contributed by atoms with E-state index in [4.69, 9.17) is 0 Å². The molecular weight excluding hydrogens is 371 g/mol. The maximum absolute atomic E-state index is 13.0. The predicted octanol–water partition coefficient (Wildman–Crippen LogP) is 3.53. The highest BCUT2D eigenvalue weighted by molar-refractivity contribution is 5.92. The third-order valence-electron chi connectivity index (χ3n) is 4.79. The smallest absolute Gasteiger partial charge is 0.325 e. The molecular formula is C19H24F3N5O. The molecule has 3 rings (SSSR count). The average molecular weight is 395 g/mol. The third-order valence-corrected chi connectivity index (χ3v) is 4.79. The Morgan fingerprint density at radius 2 is 2.00 bits per heavy atom. The first-order chi connectivity index (χ1) is 13.3. The van der Waals surface area contributed by atoms with Gasteiger partial charge in [0.1, 0.15) is 11.6 Å². The van der Waals surface area contributed by atoms with Crippen molar-refractivity contribution in [3.63, 3.8) is 0 Å². The van der Waals surface area contributed by atoms with Gasteiger partial charge >= 0.3 is 6.18 Å². The number of halogens is 3. The van der Waals surface area contributed by atoms with Crippen LogP contribution in [-0.4, -0.2) is 26.7 Å². The number of benzene rings is 1. The van der Waals surface area contributed by atoms with Crippen molar-refractivity contribution in [1.29, 1.82) is 0 Å². The van der Waals surface area contributed by atoms with Gasteiger partial charge in [0.2, 0.25) is 5.91 Å². The number of para-hydroxylation sites is 1. The van der Waals surface area contributed by atoms with Crippen LogP contribution in [0.1, 0.15) is 49.8 Å². The largest absolute Gasteiger partial charge is 0.418 e. The molecule has 0 spiro atoms. The molecule has 0 aliphatic carbocycles. The van der Waals surface area contributed by atoms with E-state index in [9.17, 15) is 18.0 Å². The Morgan fingerprint density at radius 3 is 2.79 bits per heavy atom. The van der Waals surface area contributed by atoms with E-state index in [2.05, 4.69) is 25.4 Å². The zero-order chi connectivity index (χ0) is 20.1. The summed E-state index contributed by atoms with van der Waals surface area (Å²) < 4.78 is 41.2. The summed E-state index contributed by atoms with van der Waals surface area (Å²) in [6.45, 7) is 3.16. The maximum Gasteiger partial charge on any atom is 0.418 e. The fourth-order valence-electron chi connectivity index (χ4n) is 3.33. The van der Waals surface area contributed by atoms with Crippen LogP contribution in [0.3, 0.4) is 0 Å². The van der Waals surface area contributed by atoms with Crippen LogP contribution < -0.4 is 10.6 Å². The normalized spacial score (nSPS) is 15.6.